The molecule has 152 valence electrons. The lowest BCUT2D eigenvalue weighted by Gasteiger charge is -2.15. The Hall–Kier alpha value is -3.10. The molecule has 8 heteroatoms. The zero-order chi connectivity index (χ0) is 21.0. The van der Waals surface area contributed by atoms with E-state index in [1.165, 1.54) is 39.4 Å². The molecule has 1 N–H and O–H groups in total. The number of nitrogens with zero attached hydrogens (tertiary/aromatic N) is 1. The zero-order valence-corrected chi connectivity index (χ0v) is 17.2. The van der Waals surface area contributed by atoms with Crippen molar-refractivity contribution in [3.8, 4) is 11.5 Å². The average molecular weight is 414 g/mol. The standard InChI is InChI=1S/C21H22N2O5S/c1-23(2)29(25,26)18-10-11-20(27-3)19(13-18)22-21(24)14-28-17-9-8-15-6-4-5-7-16(15)12-17/h4-13H,14H2,1-3H3,(H,22,24). The maximum absolute atomic E-state index is 12.4. The molecule has 0 saturated carbocycles. The van der Waals surface area contributed by atoms with E-state index >= 15 is 0 Å². The van der Waals surface area contributed by atoms with Gasteiger partial charge in [0.25, 0.3) is 5.91 Å². The van der Waals surface area contributed by atoms with E-state index in [2.05, 4.69) is 5.32 Å². The van der Waals surface area contributed by atoms with Gasteiger partial charge in [0.2, 0.25) is 10.0 Å². The number of hydrogen-bond donors (Lipinski definition) is 1. The van der Waals surface area contributed by atoms with E-state index in [9.17, 15) is 13.2 Å². The van der Waals surface area contributed by atoms with Gasteiger partial charge in [0, 0.05) is 14.1 Å². The number of nitrogens with one attached hydrogen (secondary N) is 1. The number of ether oxygens (including phenoxy) is 2. The number of hydrogen-bond acceptors (Lipinski definition) is 5. The number of carbonyl (C=O) groups is 1. The molecule has 0 aromatic heterocycles. The van der Waals surface area contributed by atoms with Crippen molar-refractivity contribution < 1.29 is 22.7 Å². The van der Waals surface area contributed by atoms with Crippen molar-refractivity contribution in [2.24, 2.45) is 0 Å². The Bertz CT molecular complexity index is 1140. The van der Waals surface area contributed by atoms with Gasteiger partial charge in [-0.2, -0.15) is 0 Å². The van der Waals surface area contributed by atoms with Crippen LogP contribution in [-0.4, -0.2) is 46.4 Å². The van der Waals surface area contributed by atoms with Crippen LogP contribution in [0.25, 0.3) is 10.8 Å². The van der Waals surface area contributed by atoms with Crippen molar-refractivity contribution in [1.82, 2.24) is 4.31 Å². The fraction of sp³-hybridized carbons (Fsp3) is 0.190. The summed E-state index contributed by atoms with van der Waals surface area (Å²) in [5.41, 5.74) is 0.252. The van der Waals surface area contributed by atoms with Crippen LogP contribution in [-0.2, 0) is 14.8 Å². The third-order valence-electron chi connectivity index (χ3n) is 4.31. The number of rotatable bonds is 7. The highest BCUT2D eigenvalue weighted by Gasteiger charge is 2.20. The largest absolute Gasteiger partial charge is 0.495 e. The molecule has 0 bridgehead atoms. The van der Waals surface area contributed by atoms with Gasteiger partial charge in [0.05, 0.1) is 17.7 Å². The minimum absolute atomic E-state index is 0.0500. The van der Waals surface area contributed by atoms with Crippen molar-refractivity contribution >= 4 is 32.4 Å². The molecule has 0 radical (unpaired) electrons. The third-order valence-corrected chi connectivity index (χ3v) is 6.13. The van der Waals surface area contributed by atoms with Crippen LogP contribution in [0.5, 0.6) is 11.5 Å². The number of sulfonamides is 1. The highest BCUT2D eigenvalue weighted by Crippen LogP contribution is 2.28. The van der Waals surface area contributed by atoms with Crippen LogP contribution in [0, 0.1) is 0 Å². The Balaban J connectivity index is 1.73. The van der Waals surface area contributed by atoms with Crippen molar-refractivity contribution in [2.45, 2.75) is 4.90 Å². The lowest BCUT2D eigenvalue weighted by atomic mass is 10.1. The first kappa shape index (κ1) is 20.6. The number of benzene rings is 3. The van der Waals surface area contributed by atoms with Gasteiger partial charge in [-0.15, -0.1) is 0 Å². The second-order valence-corrected chi connectivity index (χ2v) is 8.65. The summed E-state index contributed by atoms with van der Waals surface area (Å²) in [5, 5.41) is 4.73. The van der Waals surface area contributed by atoms with Crippen LogP contribution in [0.3, 0.4) is 0 Å². The molecule has 0 unspecified atom stereocenters. The molecule has 0 atom stereocenters. The predicted octanol–water partition coefficient (Wildman–Crippen LogP) is 3.12. The first-order valence-corrected chi connectivity index (χ1v) is 10.3. The van der Waals surface area contributed by atoms with Gasteiger partial charge in [-0.25, -0.2) is 12.7 Å². The molecule has 0 aliphatic rings. The summed E-state index contributed by atoms with van der Waals surface area (Å²) >= 11 is 0. The average Bonchev–Trinajstić information content (AvgIpc) is 2.72. The maximum Gasteiger partial charge on any atom is 0.262 e. The minimum Gasteiger partial charge on any atom is -0.495 e. The summed E-state index contributed by atoms with van der Waals surface area (Å²) in [6.07, 6.45) is 0. The van der Waals surface area contributed by atoms with Crippen LogP contribution in [0.4, 0.5) is 5.69 Å². The fourth-order valence-corrected chi connectivity index (χ4v) is 3.68. The molecule has 0 saturated heterocycles. The van der Waals surface area contributed by atoms with Crippen molar-refractivity contribution in [2.75, 3.05) is 33.1 Å². The molecule has 3 aromatic carbocycles. The summed E-state index contributed by atoms with van der Waals surface area (Å²) in [6, 6.07) is 17.7. The quantitative estimate of drug-likeness (QED) is 0.642. The molecule has 0 heterocycles. The fourth-order valence-electron chi connectivity index (χ4n) is 2.75. The first-order chi connectivity index (χ1) is 13.8. The Morgan fingerprint density at radius 3 is 2.41 bits per heavy atom. The van der Waals surface area contributed by atoms with E-state index in [1.54, 1.807) is 6.07 Å². The number of fused-ring (bicyclic) bond motifs is 1. The van der Waals surface area contributed by atoms with E-state index in [0.29, 0.717) is 11.5 Å². The van der Waals surface area contributed by atoms with Gasteiger partial charge in [-0.3, -0.25) is 4.79 Å². The second kappa shape index (κ2) is 8.50. The highest BCUT2D eigenvalue weighted by molar-refractivity contribution is 7.89. The molecule has 0 aliphatic heterocycles. The molecule has 0 aliphatic carbocycles. The van der Waals surface area contributed by atoms with Gasteiger partial charge in [0.15, 0.2) is 6.61 Å². The van der Waals surface area contributed by atoms with E-state index in [0.717, 1.165) is 15.1 Å². The van der Waals surface area contributed by atoms with Crippen LogP contribution < -0.4 is 14.8 Å². The predicted molar refractivity (Wildman–Crippen MR) is 112 cm³/mol. The SMILES string of the molecule is COc1ccc(S(=O)(=O)N(C)C)cc1NC(=O)COc1ccc2ccccc2c1. The van der Waals surface area contributed by atoms with Crippen molar-refractivity contribution in [3.05, 3.63) is 60.7 Å². The summed E-state index contributed by atoms with van der Waals surface area (Å²) < 4.78 is 36.6. The van der Waals surface area contributed by atoms with Crippen LogP contribution in [0.15, 0.2) is 65.6 Å². The summed E-state index contributed by atoms with van der Waals surface area (Å²) in [4.78, 5) is 12.4. The van der Waals surface area contributed by atoms with Crippen LogP contribution in [0.2, 0.25) is 0 Å². The highest BCUT2D eigenvalue weighted by atomic mass is 32.2. The summed E-state index contributed by atoms with van der Waals surface area (Å²) in [7, 11) is 0.680. The molecular formula is C21H22N2O5S. The van der Waals surface area contributed by atoms with Crippen molar-refractivity contribution in [1.29, 1.82) is 0 Å². The smallest absolute Gasteiger partial charge is 0.262 e. The number of amides is 1. The van der Waals surface area contributed by atoms with Gasteiger partial charge >= 0.3 is 0 Å². The van der Waals surface area contributed by atoms with Crippen LogP contribution in [0.1, 0.15) is 0 Å². The van der Waals surface area contributed by atoms with Gasteiger partial charge in [-0.1, -0.05) is 30.3 Å². The Morgan fingerprint density at radius 1 is 1.00 bits per heavy atom. The first-order valence-electron chi connectivity index (χ1n) is 8.83. The van der Waals surface area contributed by atoms with Gasteiger partial charge < -0.3 is 14.8 Å². The van der Waals surface area contributed by atoms with Crippen LogP contribution >= 0.6 is 0 Å². The van der Waals surface area contributed by atoms with E-state index in [4.69, 9.17) is 9.47 Å². The maximum atomic E-state index is 12.4. The Kier molecular flexibility index (Phi) is 6.05. The number of anilines is 1. The molecule has 3 rings (SSSR count). The lowest BCUT2D eigenvalue weighted by Crippen LogP contribution is -2.23. The molecular weight excluding hydrogens is 392 g/mol. The summed E-state index contributed by atoms with van der Waals surface area (Å²) in [5.74, 6) is 0.479. The van der Waals surface area contributed by atoms with E-state index in [1.807, 2.05) is 36.4 Å². The molecule has 3 aromatic rings. The summed E-state index contributed by atoms with van der Waals surface area (Å²) in [6.45, 7) is -0.230. The normalized spacial score (nSPS) is 11.4. The molecule has 1 amide bonds. The minimum atomic E-state index is -3.64. The lowest BCUT2D eigenvalue weighted by molar-refractivity contribution is -0.118. The molecule has 0 spiro atoms. The van der Waals surface area contributed by atoms with Gasteiger partial charge in [-0.05, 0) is 41.1 Å². The van der Waals surface area contributed by atoms with E-state index < -0.39 is 15.9 Å². The Morgan fingerprint density at radius 2 is 1.72 bits per heavy atom. The number of methoxy groups -OCH3 is 1. The topological polar surface area (TPSA) is 84.9 Å². The molecule has 7 nitrogen and oxygen atoms in total. The number of carbonyl (C=O) groups excluding carboxylic acids is 1. The molecule has 0 fully saturated rings. The third kappa shape index (κ3) is 4.67. The molecule has 29 heavy (non-hydrogen) atoms. The van der Waals surface area contributed by atoms with Gasteiger partial charge in [0.1, 0.15) is 11.5 Å². The van der Waals surface area contributed by atoms with E-state index in [-0.39, 0.29) is 17.2 Å². The zero-order valence-electron chi connectivity index (χ0n) is 16.4. The monoisotopic (exact) mass is 414 g/mol. The second-order valence-electron chi connectivity index (χ2n) is 6.50. The Labute approximate surface area is 169 Å². The van der Waals surface area contributed by atoms with Crippen molar-refractivity contribution in [3.63, 3.8) is 0 Å².